The van der Waals surface area contributed by atoms with Crippen LogP contribution in [-0.4, -0.2) is 10.1 Å². The van der Waals surface area contributed by atoms with Gasteiger partial charge < -0.3 is 5.11 Å². The number of benzene rings is 3. The van der Waals surface area contributed by atoms with Crippen molar-refractivity contribution in [3.8, 4) is 5.75 Å². The highest BCUT2D eigenvalue weighted by Gasteiger charge is 2.06. The van der Waals surface area contributed by atoms with Crippen LogP contribution in [0.5, 0.6) is 5.75 Å². The van der Waals surface area contributed by atoms with E-state index >= 15 is 0 Å². The van der Waals surface area contributed by atoms with Crippen LogP contribution in [0.4, 0.5) is 11.5 Å². The standard InChI is InChI=1S/C19H13N3O/c23-17-11-9-13-5-1-3-7-15(13)19(17)22-21-18-12-10-14-6-2-4-8-16(14)20-18/h1-12,23H/b22-21+. The molecule has 0 aliphatic rings. The molecule has 4 rings (SSSR count). The molecule has 4 heteroatoms. The Balaban J connectivity index is 1.79. The van der Waals surface area contributed by atoms with Crippen LogP contribution in [-0.2, 0) is 0 Å². The molecular formula is C19H13N3O. The summed E-state index contributed by atoms with van der Waals surface area (Å²) >= 11 is 0. The van der Waals surface area contributed by atoms with Gasteiger partial charge in [0.25, 0.3) is 0 Å². The first-order chi connectivity index (χ1) is 11.3. The first kappa shape index (κ1) is 13.4. The molecule has 0 bridgehead atoms. The lowest BCUT2D eigenvalue weighted by Gasteiger charge is -2.03. The third-order valence-corrected chi connectivity index (χ3v) is 3.72. The second kappa shape index (κ2) is 5.50. The van der Waals surface area contributed by atoms with Crippen molar-refractivity contribution in [3.05, 3.63) is 72.8 Å². The van der Waals surface area contributed by atoms with E-state index in [1.54, 1.807) is 6.07 Å². The molecule has 4 aromatic rings. The monoisotopic (exact) mass is 299 g/mol. The van der Waals surface area contributed by atoms with Crippen molar-refractivity contribution in [3.63, 3.8) is 0 Å². The summed E-state index contributed by atoms with van der Waals surface area (Å²) in [6.45, 7) is 0. The van der Waals surface area contributed by atoms with Crippen molar-refractivity contribution < 1.29 is 5.11 Å². The van der Waals surface area contributed by atoms with Crippen LogP contribution in [0.25, 0.3) is 21.7 Å². The predicted octanol–water partition coefficient (Wildman–Crippen LogP) is 5.51. The van der Waals surface area contributed by atoms with E-state index in [1.807, 2.05) is 66.7 Å². The average Bonchev–Trinajstić information content (AvgIpc) is 2.61. The molecule has 1 heterocycles. The van der Waals surface area contributed by atoms with Crippen molar-refractivity contribution in [2.45, 2.75) is 0 Å². The molecule has 0 aliphatic carbocycles. The lowest BCUT2D eigenvalue weighted by molar-refractivity contribution is 0.477. The summed E-state index contributed by atoms with van der Waals surface area (Å²) in [6.07, 6.45) is 0. The maximum atomic E-state index is 10.1. The highest BCUT2D eigenvalue weighted by molar-refractivity contribution is 5.95. The molecule has 0 saturated carbocycles. The zero-order valence-corrected chi connectivity index (χ0v) is 12.2. The Morgan fingerprint density at radius 3 is 2.35 bits per heavy atom. The highest BCUT2D eigenvalue weighted by atomic mass is 16.3. The zero-order chi connectivity index (χ0) is 15.6. The molecule has 0 amide bonds. The maximum Gasteiger partial charge on any atom is 0.174 e. The normalized spacial score (nSPS) is 11.5. The van der Waals surface area contributed by atoms with Gasteiger partial charge in [0, 0.05) is 10.8 Å². The van der Waals surface area contributed by atoms with E-state index in [2.05, 4.69) is 15.2 Å². The minimum atomic E-state index is 0.105. The number of rotatable bonds is 2. The molecule has 3 aromatic carbocycles. The van der Waals surface area contributed by atoms with Crippen LogP contribution in [0, 0.1) is 0 Å². The topological polar surface area (TPSA) is 57.8 Å². The molecule has 23 heavy (non-hydrogen) atoms. The van der Waals surface area contributed by atoms with Gasteiger partial charge in [-0.2, -0.15) is 0 Å². The first-order valence-corrected chi connectivity index (χ1v) is 7.29. The molecule has 0 saturated heterocycles. The summed E-state index contributed by atoms with van der Waals surface area (Å²) in [6, 6.07) is 22.9. The smallest absolute Gasteiger partial charge is 0.174 e. The van der Waals surface area contributed by atoms with E-state index < -0.39 is 0 Å². The maximum absolute atomic E-state index is 10.1. The minimum Gasteiger partial charge on any atom is -0.506 e. The van der Waals surface area contributed by atoms with Crippen molar-refractivity contribution in [1.82, 2.24) is 4.98 Å². The van der Waals surface area contributed by atoms with Gasteiger partial charge in [-0.3, -0.25) is 0 Å². The van der Waals surface area contributed by atoms with Gasteiger partial charge in [0.05, 0.1) is 5.52 Å². The van der Waals surface area contributed by atoms with Gasteiger partial charge in [-0.05, 0) is 29.7 Å². The second-order valence-corrected chi connectivity index (χ2v) is 5.22. The molecule has 110 valence electrons. The Kier molecular flexibility index (Phi) is 3.20. The Morgan fingerprint density at radius 1 is 0.696 bits per heavy atom. The Morgan fingerprint density at radius 2 is 1.43 bits per heavy atom. The van der Waals surface area contributed by atoms with E-state index in [1.165, 1.54) is 0 Å². The summed E-state index contributed by atoms with van der Waals surface area (Å²) in [5, 5.41) is 21.4. The number of hydrogen-bond acceptors (Lipinski definition) is 4. The fourth-order valence-electron chi connectivity index (χ4n) is 2.56. The first-order valence-electron chi connectivity index (χ1n) is 7.29. The summed E-state index contributed by atoms with van der Waals surface area (Å²) < 4.78 is 0. The Hall–Kier alpha value is -3.27. The van der Waals surface area contributed by atoms with Crippen molar-refractivity contribution in [2.24, 2.45) is 10.2 Å². The van der Waals surface area contributed by atoms with Gasteiger partial charge in [0.1, 0.15) is 11.4 Å². The van der Waals surface area contributed by atoms with Crippen LogP contribution < -0.4 is 0 Å². The number of aromatic hydroxyl groups is 1. The molecule has 1 N–H and O–H groups in total. The molecule has 1 aromatic heterocycles. The van der Waals surface area contributed by atoms with E-state index in [9.17, 15) is 5.11 Å². The van der Waals surface area contributed by atoms with Gasteiger partial charge in [-0.1, -0.05) is 48.5 Å². The van der Waals surface area contributed by atoms with Crippen molar-refractivity contribution >= 4 is 33.2 Å². The van der Waals surface area contributed by atoms with Crippen LogP contribution in [0.15, 0.2) is 83.0 Å². The lowest BCUT2D eigenvalue weighted by atomic mass is 10.1. The summed E-state index contributed by atoms with van der Waals surface area (Å²) in [7, 11) is 0. The molecule has 0 atom stereocenters. The summed E-state index contributed by atoms with van der Waals surface area (Å²) in [5.41, 5.74) is 1.32. The zero-order valence-electron chi connectivity index (χ0n) is 12.2. The molecular weight excluding hydrogens is 286 g/mol. The fraction of sp³-hybridized carbons (Fsp3) is 0. The molecule has 0 spiro atoms. The van der Waals surface area contributed by atoms with Crippen LogP contribution >= 0.6 is 0 Å². The quantitative estimate of drug-likeness (QED) is 0.496. The predicted molar refractivity (Wildman–Crippen MR) is 91.5 cm³/mol. The molecule has 0 radical (unpaired) electrons. The number of fused-ring (bicyclic) bond motifs is 2. The number of para-hydroxylation sites is 1. The number of aromatic nitrogens is 1. The Labute approximate surface area is 132 Å². The number of nitrogens with zero attached hydrogens (tertiary/aromatic N) is 3. The number of phenolic OH excluding ortho intramolecular Hbond substituents is 1. The molecule has 0 aliphatic heterocycles. The van der Waals surface area contributed by atoms with Crippen molar-refractivity contribution in [1.29, 1.82) is 0 Å². The van der Waals surface area contributed by atoms with E-state index in [-0.39, 0.29) is 5.75 Å². The van der Waals surface area contributed by atoms with Gasteiger partial charge in [-0.25, -0.2) is 4.98 Å². The Bertz CT molecular complexity index is 1040. The lowest BCUT2D eigenvalue weighted by Crippen LogP contribution is -1.78. The number of pyridine rings is 1. The number of azo groups is 1. The summed E-state index contributed by atoms with van der Waals surface area (Å²) in [4.78, 5) is 4.46. The minimum absolute atomic E-state index is 0.105. The SMILES string of the molecule is Oc1ccc2ccccc2c1/N=N/c1ccc2ccccc2n1. The number of hydrogen-bond donors (Lipinski definition) is 1. The van der Waals surface area contributed by atoms with Gasteiger partial charge in [0.2, 0.25) is 0 Å². The van der Waals surface area contributed by atoms with Gasteiger partial charge >= 0.3 is 0 Å². The second-order valence-electron chi connectivity index (χ2n) is 5.22. The fourth-order valence-corrected chi connectivity index (χ4v) is 2.56. The number of phenols is 1. The average molecular weight is 299 g/mol. The largest absolute Gasteiger partial charge is 0.506 e. The third kappa shape index (κ3) is 2.51. The highest BCUT2D eigenvalue weighted by Crippen LogP contribution is 2.35. The summed E-state index contributed by atoms with van der Waals surface area (Å²) in [5.74, 6) is 0.615. The van der Waals surface area contributed by atoms with Crippen LogP contribution in [0.1, 0.15) is 0 Å². The van der Waals surface area contributed by atoms with Gasteiger partial charge in [-0.15, -0.1) is 10.2 Å². The van der Waals surface area contributed by atoms with Gasteiger partial charge in [0.15, 0.2) is 5.82 Å². The molecule has 0 fully saturated rings. The van der Waals surface area contributed by atoms with Crippen LogP contribution in [0.2, 0.25) is 0 Å². The molecule has 0 unspecified atom stereocenters. The van der Waals surface area contributed by atoms with E-state index in [0.29, 0.717) is 11.5 Å². The molecule has 4 nitrogen and oxygen atoms in total. The van der Waals surface area contributed by atoms with Crippen molar-refractivity contribution in [2.75, 3.05) is 0 Å². The third-order valence-electron chi connectivity index (χ3n) is 3.72. The van der Waals surface area contributed by atoms with Crippen LogP contribution in [0.3, 0.4) is 0 Å². The van der Waals surface area contributed by atoms with E-state index in [0.717, 1.165) is 21.7 Å². The van der Waals surface area contributed by atoms with E-state index in [4.69, 9.17) is 0 Å².